The van der Waals surface area contributed by atoms with Crippen LogP contribution >= 0.6 is 23.2 Å². The SMILES string of the molecule is CC(C)(c1ccc(OCc2nc(C(N)=O)co2)cc1)c1cc(Cl)c(OCCCl)c(C#N)c1. The summed E-state index contributed by atoms with van der Waals surface area (Å²) in [6.45, 7) is 4.39. The van der Waals surface area contributed by atoms with Crippen LogP contribution in [0.15, 0.2) is 47.1 Å². The standard InChI is InChI=1S/C23H21Cl2N3O4/c1-23(2,16-9-14(11-26)21(18(25)10-16)30-8-7-24)15-3-5-17(6-4-15)31-13-20-28-19(12-32-20)22(27)29/h3-6,9-10,12H,7-8,13H2,1-2H3,(H2,27,29). The van der Waals surface area contributed by atoms with Gasteiger partial charge in [-0.05, 0) is 35.4 Å². The van der Waals surface area contributed by atoms with E-state index < -0.39 is 11.3 Å². The summed E-state index contributed by atoms with van der Waals surface area (Å²) in [5.41, 5.74) is 6.97. The molecule has 0 unspecified atom stereocenters. The van der Waals surface area contributed by atoms with E-state index in [9.17, 15) is 10.1 Å². The summed E-state index contributed by atoms with van der Waals surface area (Å²) < 4.78 is 16.4. The van der Waals surface area contributed by atoms with Gasteiger partial charge in [-0.3, -0.25) is 4.79 Å². The third kappa shape index (κ3) is 5.16. The highest BCUT2D eigenvalue weighted by atomic mass is 35.5. The van der Waals surface area contributed by atoms with Crippen molar-refractivity contribution in [3.05, 3.63) is 76.0 Å². The number of ether oxygens (including phenoxy) is 2. The summed E-state index contributed by atoms with van der Waals surface area (Å²) in [6, 6.07) is 13.2. The zero-order chi connectivity index (χ0) is 23.3. The number of benzene rings is 2. The second kappa shape index (κ2) is 9.94. The first-order chi connectivity index (χ1) is 15.3. The lowest BCUT2D eigenvalue weighted by Crippen LogP contribution is -2.19. The van der Waals surface area contributed by atoms with Crippen molar-refractivity contribution in [1.29, 1.82) is 5.26 Å². The zero-order valence-electron chi connectivity index (χ0n) is 17.5. The topological polar surface area (TPSA) is 111 Å². The number of carbonyl (C=O) groups is 1. The van der Waals surface area contributed by atoms with Crippen molar-refractivity contribution in [1.82, 2.24) is 4.98 Å². The molecule has 0 radical (unpaired) electrons. The number of halogens is 2. The molecule has 1 aromatic heterocycles. The molecular weight excluding hydrogens is 453 g/mol. The molecule has 0 atom stereocenters. The molecule has 7 nitrogen and oxygen atoms in total. The summed E-state index contributed by atoms with van der Waals surface area (Å²) >= 11 is 12.1. The second-order valence-corrected chi connectivity index (χ2v) is 8.20. The Morgan fingerprint density at radius 2 is 1.94 bits per heavy atom. The monoisotopic (exact) mass is 473 g/mol. The molecule has 2 aromatic carbocycles. The van der Waals surface area contributed by atoms with Crippen molar-refractivity contribution in [2.45, 2.75) is 25.9 Å². The summed E-state index contributed by atoms with van der Waals surface area (Å²) in [4.78, 5) is 15.0. The van der Waals surface area contributed by atoms with Crippen molar-refractivity contribution in [2.75, 3.05) is 12.5 Å². The normalized spacial score (nSPS) is 11.1. The molecular formula is C23H21Cl2N3O4. The Morgan fingerprint density at radius 3 is 2.53 bits per heavy atom. The molecule has 0 saturated carbocycles. The lowest BCUT2D eigenvalue weighted by atomic mass is 9.77. The lowest BCUT2D eigenvalue weighted by molar-refractivity contribution is 0.0995. The van der Waals surface area contributed by atoms with Gasteiger partial charge in [0.05, 0.1) is 16.5 Å². The summed E-state index contributed by atoms with van der Waals surface area (Å²) in [7, 11) is 0. The molecule has 2 N–H and O–H groups in total. The van der Waals surface area contributed by atoms with Crippen LogP contribution in [-0.4, -0.2) is 23.4 Å². The van der Waals surface area contributed by atoms with E-state index in [0.717, 1.165) is 11.1 Å². The highest BCUT2D eigenvalue weighted by Crippen LogP contribution is 2.38. The number of primary amides is 1. The van der Waals surface area contributed by atoms with Gasteiger partial charge in [-0.15, -0.1) is 11.6 Å². The number of alkyl halides is 1. The smallest absolute Gasteiger partial charge is 0.270 e. The molecule has 32 heavy (non-hydrogen) atoms. The molecule has 1 amide bonds. The van der Waals surface area contributed by atoms with Gasteiger partial charge >= 0.3 is 0 Å². The first-order valence-corrected chi connectivity index (χ1v) is 10.6. The number of rotatable bonds is 9. The van der Waals surface area contributed by atoms with E-state index in [2.05, 4.69) is 11.1 Å². The number of hydrogen-bond acceptors (Lipinski definition) is 6. The van der Waals surface area contributed by atoms with Crippen LogP contribution in [0.5, 0.6) is 11.5 Å². The van der Waals surface area contributed by atoms with Gasteiger partial charge in [-0.2, -0.15) is 5.26 Å². The summed E-state index contributed by atoms with van der Waals surface area (Å²) in [6.07, 6.45) is 1.19. The van der Waals surface area contributed by atoms with Crippen molar-refractivity contribution < 1.29 is 18.7 Å². The van der Waals surface area contributed by atoms with E-state index in [4.69, 9.17) is 42.8 Å². The Morgan fingerprint density at radius 1 is 1.22 bits per heavy atom. The van der Waals surface area contributed by atoms with E-state index in [0.29, 0.717) is 28.0 Å². The largest absolute Gasteiger partial charge is 0.489 e. The van der Waals surface area contributed by atoms with Crippen molar-refractivity contribution in [2.24, 2.45) is 5.73 Å². The fourth-order valence-electron chi connectivity index (χ4n) is 3.09. The van der Waals surface area contributed by atoms with Gasteiger partial charge in [0.15, 0.2) is 18.1 Å². The van der Waals surface area contributed by atoms with Crippen LogP contribution in [0, 0.1) is 11.3 Å². The van der Waals surface area contributed by atoms with Crippen LogP contribution in [-0.2, 0) is 12.0 Å². The molecule has 0 aliphatic heterocycles. The highest BCUT2D eigenvalue weighted by molar-refractivity contribution is 6.32. The maximum Gasteiger partial charge on any atom is 0.270 e. The van der Waals surface area contributed by atoms with Crippen molar-refractivity contribution in [3.8, 4) is 17.6 Å². The number of oxazole rings is 1. The lowest BCUT2D eigenvalue weighted by Gasteiger charge is -2.27. The predicted molar refractivity (Wildman–Crippen MR) is 120 cm³/mol. The molecule has 0 bridgehead atoms. The maximum atomic E-state index is 11.1. The maximum absolute atomic E-state index is 11.1. The predicted octanol–water partition coefficient (Wildman–Crippen LogP) is 4.82. The molecule has 0 aliphatic rings. The van der Waals surface area contributed by atoms with E-state index >= 15 is 0 Å². The molecule has 0 spiro atoms. The fraction of sp³-hybridized carbons (Fsp3) is 0.261. The first-order valence-electron chi connectivity index (χ1n) is 9.66. The number of nitrogens with zero attached hydrogens (tertiary/aromatic N) is 2. The Bertz CT molecular complexity index is 1150. The Kier molecular flexibility index (Phi) is 7.29. The molecule has 0 fully saturated rings. The van der Waals surface area contributed by atoms with Crippen molar-refractivity contribution >= 4 is 29.1 Å². The van der Waals surface area contributed by atoms with Gasteiger partial charge in [0.25, 0.3) is 5.91 Å². The highest BCUT2D eigenvalue weighted by Gasteiger charge is 2.26. The molecule has 3 rings (SSSR count). The third-order valence-electron chi connectivity index (χ3n) is 4.95. The van der Waals surface area contributed by atoms with Gasteiger partial charge < -0.3 is 19.6 Å². The van der Waals surface area contributed by atoms with Gasteiger partial charge in [0.1, 0.15) is 24.7 Å². The number of nitrogens with two attached hydrogens (primary N) is 1. The van der Waals surface area contributed by atoms with Crippen LogP contribution in [0.2, 0.25) is 5.02 Å². The molecule has 3 aromatic rings. The van der Waals surface area contributed by atoms with Crippen LogP contribution in [0.1, 0.15) is 46.9 Å². The average Bonchev–Trinajstić information content (AvgIpc) is 3.26. The van der Waals surface area contributed by atoms with Crippen LogP contribution < -0.4 is 15.2 Å². The van der Waals surface area contributed by atoms with E-state index in [1.807, 2.05) is 38.1 Å². The van der Waals surface area contributed by atoms with Gasteiger partial charge in [0, 0.05) is 5.41 Å². The number of amides is 1. The molecule has 0 aliphatic carbocycles. The first kappa shape index (κ1) is 23.5. The Hall–Kier alpha value is -3.21. The number of aromatic nitrogens is 1. The second-order valence-electron chi connectivity index (χ2n) is 7.41. The minimum absolute atomic E-state index is 0.0511. The molecule has 0 saturated heterocycles. The van der Waals surface area contributed by atoms with Crippen molar-refractivity contribution in [3.63, 3.8) is 0 Å². The van der Waals surface area contributed by atoms with Gasteiger partial charge in [-0.25, -0.2) is 4.98 Å². The van der Waals surface area contributed by atoms with E-state index in [1.165, 1.54) is 6.26 Å². The van der Waals surface area contributed by atoms with Gasteiger partial charge in [-0.1, -0.05) is 37.6 Å². The quantitative estimate of drug-likeness (QED) is 0.445. The average molecular weight is 474 g/mol. The summed E-state index contributed by atoms with van der Waals surface area (Å²) in [5.74, 6) is 0.821. The van der Waals surface area contributed by atoms with Crippen LogP contribution in [0.25, 0.3) is 0 Å². The molecule has 9 heteroatoms. The summed E-state index contributed by atoms with van der Waals surface area (Å²) in [5, 5.41) is 9.91. The van der Waals surface area contributed by atoms with E-state index in [1.54, 1.807) is 12.1 Å². The number of carbonyl (C=O) groups excluding carboxylic acids is 1. The minimum atomic E-state index is -0.662. The third-order valence-corrected chi connectivity index (χ3v) is 5.39. The van der Waals surface area contributed by atoms with E-state index in [-0.39, 0.29) is 24.8 Å². The number of nitriles is 1. The fourth-order valence-corrected chi connectivity index (χ4v) is 3.45. The zero-order valence-corrected chi connectivity index (χ0v) is 19.0. The Balaban J connectivity index is 1.77. The Labute approximate surface area is 195 Å². The van der Waals surface area contributed by atoms with Gasteiger partial charge in [0.2, 0.25) is 5.89 Å². The minimum Gasteiger partial charge on any atom is -0.489 e. The number of hydrogen-bond donors (Lipinski definition) is 1. The van der Waals surface area contributed by atoms with Crippen LogP contribution in [0.3, 0.4) is 0 Å². The van der Waals surface area contributed by atoms with Crippen LogP contribution in [0.4, 0.5) is 0 Å². The molecule has 166 valence electrons. The molecule has 1 heterocycles.